The highest BCUT2D eigenvalue weighted by molar-refractivity contribution is 6.09. The minimum absolute atomic E-state index is 0.615. The minimum Gasteiger partial charge on any atom is -0.456 e. The monoisotopic (exact) mass is 640 g/mol. The van der Waals surface area contributed by atoms with Gasteiger partial charge in [-0.2, -0.15) is 0 Å². The largest absolute Gasteiger partial charge is 0.456 e. The molecule has 0 saturated heterocycles. The Hall–Kier alpha value is -6.78. The van der Waals surface area contributed by atoms with Gasteiger partial charge in [-0.05, 0) is 76.9 Å². The van der Waals surface area contributed by atoms with Gasteiger partial charge >= 0.3 is 0 Å². The topological polar surface area (TPSA) is 52.1 Å². The molecule has 7 aromatic carbocycles. The first-order chi connectivity index (χ1) is 24.7. The van der Waals surface area contributed by atoms with Crippen LogP contribution in [-0.4, -0.2) is 9.97 Å². The van der Waals surface area contributed by atoms with Crippen molar-refractivity contribution in [3.8, 4) is 56.2 Å². The lowest BCUT2D eigenvalue weighted by Gasteiger charge is -2.13. The minimum atomic E-state index is 0.615. The maximum Gasteiger partial charge on any atom is 0.164 e. The first-order valence-electron chi connectivity index (χ1n) is 16.7. The molecule has 3 heterocycles. The zero-order valence-electron chi connectivity index (χ0n) is 26.9. The molecule has 10 rings (SSSR count). The SMILES string of the molecule is c1ccc(-c2cc(-c3ccc4oc5ccccc5c4c3)cc(-c3cc(-c4ccccc4)nc(-c4cccc5c4oc4ccccc45)n3)c2)cc1. The van der Waals surface area contributed by atoms with Crippen LogP contribution in [0.25, 0.3) is 100 Å². The zero-order chi connectivity index (χ0) is 33.0. The van der Waals surface area contributed by atoms with Gasteiger partial charge in [-0.1, -0.05) is 115 Å². The van der Waals surface area contributed by atoms with Crippen LogP contribution in [0.2, 0.25) is 0 Å². The first kappa shape index (κ1) is 28.3. The third-order valence-electron chi connectivity index (χ3n) is 9.49. The average molecular weight is 641 g/mol. The van der Waals surface area contributed by atoms with Gasteiger partial charge in [0.2, 0.25) is 0 Å². The molecule has 50 heavy (non-hydrogen) atoms. The Morgan fingerprint density at radius 1 is 0.320 bits per heavy atom. The Kier molecular flexibility index (Phi) is 6.46. The van der Waals surface area contributed by atoms with Crippen molar-refractivity contribution in [1.29, 1.82) is 0 Å². The third kappa shape index (κ3) is 4.77. The summed E-state index contributed by atoms with van der Waals surface area (Å²) in [6.45, 7) is 0. The van der Waals surface area contributed by atoms with Gasteiger partial charge in [0.1, 0.15) is 22.3 Å². The molecule has 10 aromatic rings. The number of hydrogen-bond acceptors (Lipinski definition) is 4. The summed E-state index contributed by atoms with van der Waals surface area (Å²) >= 11 is 0. The molecule has 4 heteroatoms. The zero-order valence-corrected chi connectivity index (χ0v) is 26.9. The van der Waals surface area contributed by atoms with Crippen molar-refractivity contribution >= 4 is 43.9 Å². The van der Waals surface area contributed by atoms with Crippen molar-refractivity contribution in [1.82, 2.24) is 9.97 Å². The summed E-state index contributed by atoms with van der Waals surface area (Å²) in [5.74, 6) is 0.615. The summed E-state index contributed by atoms with van der Waals surface area (Å²) in [5, 5.41) is 4.33. The smallest absolute Gasteiger partial charge is 0.164 e. The Morgan fingerprint density at radius 2 is 0.880 bits per heavy atom. The number of para-hydroxylation sites is 3. The Morgan fingerprint density at radius 3 is 1.64 bits per heavy atom. The fourth-order valence-electron chi connectivity index (χ4n) is 7.04. The van der Waals surface area contributed by atoms with Gasteiger partial charge < -0.3 is 8.83 Å². The van der Waals surface area contributed by atoms with E-state index >= 15 is 0 Å². The van der Waals surface area contributed by atoms with E-state index in [1.807, 2.05) is 54.6 Å². The molecule has 4 nitrogen and oxygen atoms in total. The van der Waals surface area contributed by atoms with Gasteiger partial charge in [0.25, 0.3) is 0 Å². The molecule has 0 saturated carbocycles. The van der Waals surface area contributed by atoms with E-state index in [0.717, 1.165) is 94.2 Å². The van der Waals surface area contributed by atoms with E-state index < -0.39 is 0 Å². The third-order valence-corrected chi connectivity index (χ3v) is 9.49. The van der Waals surface area contributed by atoms with Gasteiger partial charge in [-0.15, -0.1) is 0 Å². The van der Waals surface area contributed by atoms with E-state index in [1.54, 1.807) is 0 Å². The Labute approximate surface area is 287 Å². The summed E-state index contributed by atoms with van der Waals surface area (Å²) in [5.41, 5.74) is 12.4. The number of rotatable bonds is 5. The number of furan rings is 2. The highest BCUT2D eigenvalue weighted by Crippen LogP contribution is 2.39. The summed E-state index contributed by atoms with van der Waals surface area (Å²) in [7, 11) is 0. The lowest BCUT2D eigenvalue weighted by Crippen LogP contribution is -1.97. The number of hydrogen-bond donors (Lipinski definition) is 0. The van der Waals surface area contributed by atoms with E-state index in [1.165, 1.54) is 0 Å². The second kappa shape index (κ2) is 11.4. The van der Waals surface area contributed by atoms with Gasteiger partial charge in [0.05, 0.1) is 17.0 Å². The molecular formula is C46H28N2O2. The summed E-state index contributed by atoms with van der Waals surface area (Å²) in [6, 6.07) is 58.6. The Bertz CT molecular complexity index is 2870. The van der Waals surface area contributed by atoms with Gasteiger partial charge in [0, 0.05) is 32.7 Å². The summed E-state index contributed by atoms with van der Waals surface area (Å²) in [4.78, 5) is 10.4. The number of nitrogens with zero attached hydrogens (tertiary/aromatic N) is 2. The second-order valence-corrected chi connectivity index (χ2v) is 12.6. The highest BCUT2D eigenvalue weighted by Gasteiger charge is 2.18. The van der Waals surface area contributed by atoms with Crippen LogP contribution in [0.5, 0.6) is 0 Å². The number of benzene rings is 7. The van der Waals surface area contributed by atoms with Crippen molar-refractivity contribution in [3.05, 3.63) is 170 Å². The number of fused-ring (bicyclic) bond motifs is 6. The molecular weight excluding hydrogens is 613 g/mol. The van der Waals surface area contributed by atoms with Crippen LogP contribution in [-0.2, 0) is 0 Å². The summed E-state index contributed by atoms with van der Waals surface area (Å²) in [6.07, 6.45) is 0. The van der Waals surface area contributed by atoms with Crippen LogP contribution in [0.1, 0.15) is 0 Å². The molecule has 0 radical (unpaired) electrons. The van der Waals surface area contributed by atoms with E-state index in [2.05, 4.69) is 115 Å². The van der Waals surface area contributed by atoms with Crippen LogP contribution in [0.4, 0.5) is 0 Å². The predicted molar refractivity (Wildman–Crippen MR) is 204 cm³/mol. The molecule has 0 aliphatic rings. The maximum atomic E-state index is 6.45. The van der Waals surface area contributed by atoms with Crippen LogP contribution >= 0.6 is 0 Å². The fraction of sp³-hybridized carbons (Fsp3) is 0. The predicted octanol–water partition coefficient (Wildman–Crippen LogP) is 12.6. The van der Waals surface area contributed by atoms with Crippen LogP contribution in [0, 0.1) is 0 Å². The maximum absolute atomic E-state index is 6.45. The van der Waals surface area contributed by atoms with Crippen LogP contribution < -0.4 is 0 Å². The van der Waals surface area contributed by atoms with Crippen molar-refractivity contribution in [3.63, 3.8) is 0 Å². The highest BCUT2D eigenvalue weighted by atomic mass is 16.3. The van der Waals surface area contributed by atoms with Gasteiger partial charge in [-0.25, -0.2) is 9.97 Å². The normalized spacial score (nSPS) is 11.6. The quantitative estimate of drug-likeness (QED) is 0.188. The van der Waals surface area contributed by atoms with E-state index in [0.29, 0.717) is 5.82 Å². The molecule has 0 spiro atoms. The van der Waals surface area contributed by atoms with Crippen molar-refractivity contribution < 1.29 is 8.83 Å². The van der Waals surface area contributed by atoms with E-state index in [-0.39, 0.29) is 0 Å². The van der Waals surface area contributed by atoms with Crippen molar-refractivity contribution in [2.45, 2.75) is 0 Å². The lowest BCUT2D eigenvalue weighted by molar-refractivity contribution is 0.669. The molecule has 234 valence electrons. The molecule has 0 atom stereocenters. The first-order valence-corrected chi connectivity index (χ1v) is 16.7. The van der Waals surface area contributed by atoms with E-state index in [9.17, 15) is 0 Å². The number of aromatic nitrogens is 2. The van der Waals surface area contributed by atoms with Gasteiger partial charge in [0.15, 0.2) is 5.82 Å². The average Bonchev–Trinajstić information content (AvgIpc) is 3.76. The lowest BCUT2D eigenvalue weighted by atomic mass is 9.94. The Balaban J connectivity index is 1.21. The van der Waals surface area contributed by atoms with Crippen molar-refractivity contribution in [2.24, 2.45) is 0 Å². The fourth-order valence-corrected chi connectivity index (χ4v) is 7.04. The second-order valence-electron chi connectivity index (χ2n) is 12.6. The molecule has 0 unspecified atom stereocenters. The molecule has 0 N–H and O–H groups in total. The standard InChI is InChI=1S/C46H28N2O2/c1-3-12-29(13-4-1)32-24-33(31-22-23-44-39(27-31)36-17-8-9-20-42(36)49-44)26-34(25-32)41-28-40(30-14-5-2-6-15-30)47-46(48-41)38-19-11-18-37-35-16-7-10-21-43(35)50-45(37)38/h1-28H. The molecule has 0 bridgehead atoms. The van der Waals surface area contributed by atoms with Crippen LogP contribution in [0.15, 0.2) is 179 Å². The molecule has 0 fully saturated rings. The van der Waals surface area contributed by atoms with Gasteiger partial charge in [-0.3, -0.25) is 0 Å². The van der Waals surface area contributed by atoms with E-state index in [4.69, 9.17) is 18.8 Å². The molecule has 3 aromatic heterocycles. The van der Waals surface area contributed by atoms with Crippen LogP contribution in [0.3, 0.4) is 0 Å². The van der Waals surface area contributed by atoms with Crippen molar-refractivity contribution in [2.75, 3.05) is 0 Å². The molecule has 0 amide bonds. The molecule has 0 aliphatic heterocycles. The molecule has 0 aliphatic carbocycles. The summed E-state index contributed by atoms with van der Waals surface area (Å²) < 4.78 is 12.6.